The molecule has 112 valence electrons. The zero-order chi connectivity index (χ0) is 14.9. The highest BCUT2D eigenvalue weighted by Crippen LogP contribution is 2.15. The minimum absolute atomic E-state index is 0.464. The van der Waals surface area contributed by atoms with Gasteiger partial charge in [0, 0.05) is 22.3 Å². The number of aliphatic imine (C=N–C) groups is 1. The number of nitrogens with two attached hydrogens (primary N) is 1. The Kier molecular flexibility index (Phi) is 6.56. The van der Waals surface area contributed by atoms with Gasteiger partial charge in [0.2, 0.25) is 0 Å². The van der Waals surface area contributed by atoms with Crippen molar-refractivity contribution in [1.29, 1.82) is 0 Å². The normalized spacial score (nSPS) is 11.4. The van der Waals surface area contributed by atoms with Gasteiger partial charge in [-0.2, -0.15) is 0 Å². The molecule has 0 saturated carbocycles. The molecule has 0 spiro atoms. The third-order valence-electron chi connectivity index (χ3n) is 2.71. The number of hydrogen-bond donors (Lipinski definition) is 2. The van der Waals surface area contributed by atoms with Crippen LogP contribution >= 0.6 is 27.3 Å². The van der Waals surface area contributed by atoms with E-state index >= 15 is 0 Å². The second-order valence-corrected chi connectivity index (χ2v) is 6.27. The average molecular weight is 368 g/mol. The van der Waals surface area contributed by atoms with Gasteiger partial charge < -0.3 is 15.8 Å². The maximum atomic E-state index is 5.79. The monoisotopic (exact) mass is 367 g/mol. The van der Waals surface area contributed by atoms with Crippen LogP contribution in [-0.2, 0) is 6.42 Å². The summed E-state index contributed by atoms with van der Waals surface area (Å²) in [5.74, 6) is 1.30. The minimum Gasteiger partial charge on any atom is -0.492 e. The molecule has 1 aromatic carbocycles. The Balaban J connectivity index is 1.60. The van der Waals surface area contributed by atoms with E-state index < -0.39 is 0 Å². The summed E-state index contributed by atoms with van der Waals surface area (Å²) in [4.78, 5) is 5.61. The highest BCUT2D eigenvalue weighted by Gasteiger charge is 1.96. The number of nitrogens with one attached hydrogen (secondary N) is 1. The van der Waals surface area contributed by atoms with Crippen LogP contribution in [0.4, 0.5) is 0 Å². The Morgan fingerprint density at radius 2 is 2.10 bits per heavy atom. The summed E-state index contributed by atoms with van der Waals surface area (Å²) in [6.07, 6.45) is 0.926. The Morgan fingerprint density at radius 3 is 2.81 bits per heavy atom. The molecule has 1 aromatic heterocycles. The molecular formula is C15H18BrN3OS. The fraction of sp³-hybridized carbons (Fsp3) is 0.267. The van der Waals surface area contributed by atoms with Gasteiger partial charge in [-0.3, -0.25) is 4.99 Å². The van der Waals surface area contributed by atoms with Crippen LogP contribution in [0.25, 0.3) is 0 Å². The van der Waals surface area contributed by atoms with E-state index in [-0.39, 0.29) is 0 Å². The van der Waals surface area contributed by atoms with Crippen LogP contribution in [0.5, 0.6) is 5.75 Å². The largest absolute Gasteiger partial charge is 0.492 e. The lowest BCUT2D eigenvalue weighted by molar-refractivity contribution is 0.322. The summed E-state index contributed by atoms with van der Waals surface area (Å²) in [6.45, 7) is 1.88. The lowest BCUT2D eigenvalue weighted by atomic mass is 10.3. The fourth-order valence-electron chi connectivity index (χ4n) is 1.68. The van der Waals surface area contributed by atoms with Crippen LogP contribution in [0, 0.1) is 0 Å². The van der Waals surface area contributed by atoms with Gasteiger partial charge in [0.15, 0.2) is 5.96 Å². The van der Waals surface area contributed by atoms with Crippen molar-refractivity contribution in [2.24, 2.45) is 10.7 Å². The van der Waals surface area contributed by atoms with E-state index in [1.54, 1.807) is 11.3 Å². The molecule has 2 aromatic rings. The summed E-state index contributed by atoms with van der Waals surface area (Å²) < 4.78 is 6.62. The van der Waals surface area contributed by atoms with Crippen LogP contribution in [0.15, 0.2) is 51.2 Å². The summed E-state index contributed by atoms with van der Waals surface area (Å²) in [6, 6.07) is 11.9. The van der Waals surface area contributed by atoms with Crippen LogP contribution in [-0.4, -0.2) is 25.7 Å². The van der Waals surface area contributed by atoms with Crippen molar-refractivity contribution < 1.29 is 4.74 Å². The van der Waals surface area contributed by atoms with Gasteiger partial charge in [0.25, 0.3) is 0 Å². The van der Waals surface area contributed by atoms with E-state index in [4.69, 9.17) is 10.5 Å². The quantitative estimate of drug-likeness (QED) is 0.449. The van der Waals surface area contributed by atoms with Gasteiger partial charge in [-0.25, -0.2) is 0 Å². The SMILES string of the molecule is NC(=NCCc1cccs1)NCCOc1ccc(Br)cc1. The van der Waals surface area contributed by atoms with Crippen LogP contribution in [0.2, 0.25) is 0 Å². The first-order valence-corrected chi connectivity index (χ1v) is 8.36. The van der Waals surface area contributed by atoms with Crippen LogP contribution in [0.1, 0.15) is 4.88 Å². The molecule has 0 amide bonds. The van der Waals surface area contributed by atoms with Gasteiger partial charge in [0.05, 0.1) is 6.54 Å². The Bertz CT molecular complexity index is 555. The van der Waals surface area contributed by atoms with Crippen LogP contribution < -0.4 is 15.8 Å². The molecule has 4 nitrogen and oxygen atoms in total. The lowest BCUT2D eigenvalue weighted by Gasteiger charge is -2.08. The number of rotatable bonds is 7. The Hall–Kier alpha value is -1.53. The van der Waals surface area contributed by atoms with Crippen LogP contribution in [0.3, 0.4) is 0 Å². The van der Waals surface area contributed by atoms with E-state index in [0.717, 1.165) is 16.6 Å². The molecule has 0 aliphatic rings. The maximum absolute atomic E-state index is 5.79. The summed E-state index contributed by atoms with van der Waals surface area (Å²) in [7, 11) is 0. The molecule has 0 aliphatic heterocycles. The molecule has 0 atom stereocenters. The van der Waals surface area contributed by atoms with Gasteiger partial charge in [-0.1, -0.05) is 22.0 Å². The fourth-order valence-corrected chi connectivity index (χ4v) is 2.64. The molecule has 0 bridgehead atoms. The van der Waals surface area contributed by atoms with Gasteiger partial charge in [0.1, 0.15) is 12.4 Å². The first kappa shape index (κ1) is 15.9. The summed E-state index contributed by atoms with van der Waals surface area (Å²) >= 11 is 5.13. The zero-order valence-electron chi connectivity index (χ0n) is 11.6. The molecule has 2 rings (SSSR count). The molecule has 1 heterocycles. The molecule has 0 fully saturated rings. The molecular weight excluding hydrogens is 350 g/mol. The van der Waals surface area contributed by atoms with Crippen molar-refractivity contribution in [3.63, 3.8) is 0 Å². The van der Waals surface area contributed by atoms with Crippen molar-refractivity contribution in [2.75, 3.05) is 19.7 Å². The molecule has 0 radical (unpaired) electrons. The zero-order valence-corrected chi connectivity index (χ0v) is 14.0. The predicted molar refractivity (Wildman–Crippen MR) is 92.2 cm³/mol. The van der Waals surface area contributed by atoms with Gasteiger partial charge in [-0.15, -0.1) is 11.3 Å². The maximum Gasteiger partial charge on any atom is 0.188 e. The number of ether oxygens (including phenoxy) is 1. The summed E-state index contributed by atoms with van der Waals surface area (Å²) in [5.41, 5.74) is 5.79. The van der Waals surface area contributed by atoms with Crippen molar-refractivity contribution in [2.45, 2.75) is 6.42 Å². The first-order valence-electron chi connectivity index (χ1n) is 6.68. The average Bonchev–Trinajstić information content (AvgIpc) is 2.99. The number of nitrogens with zero attached hydrogens (tertiary/aromatic N) is 1. The number of hydrogen-bond acceptors (Lipinski definition) is 3. The van der Waals surface area contributed by atoms with E-state index in [9.17, 15) is 0 Å². The number of thiophene rings is 1. The van der Waals surface area contributed by atoms with E-state index in [1.165, 1.54) is 4.88 Å². The third-order valence-corrected chi connectivity index (χ3v) is 4.18. The minimum atomic E-state index is 0.464. The number of halogens is 1. The smallest absolute Gasteiger partial charge is 0.188 e. The van der Waals surface area contributed by atoms with Gasteiger partial charge >= 0.3 is 0 Å². The van der Waals surface area contributed by atoms with Crippen molar-refractivity contribution in [3.8, 4) is 5.75 Å². The molecule has 0 aliphatic carbocycles. The lowest BCUT2D eigenvalue weighted by Crippen LogP contribution is -2.34. The number of guanidine groups is 1. The topological polar surface area (TPSA) is 59.6 Å². The number of benzene rings is 1. The predicted octanol–water partition coefficient (Wildman–Crippen LogP) is 3.04. The van der Waals surface area contributed by atoms with E-state index in [0.29, 0.717) is 25.7 Å². The van der Waals surface area contributed by atoms with Gasteiger partial charge in [-0.05, 0) is 35.7 Å². The van der Waals surface area contributed by atoms with Crippen molar-refractivity contribution >= 4 is 33.2 Å². The molecule has 6 heteroatoms. The third kappa shape index (κ3) is 6.18. The molecule has 0 saturated heterocycles. The van der Waals surface area contributed by atoms with Crippen molar-refractivity contribution in [1.82, 2.24) is 5.32 Å². The highest BCUT2D eigenvalue weighted by molar-refractivity contribution is 9.10. The Morgan fingerprint density at radius 1 is 1.29 bits per heavy atom. The molecule has 3 N–H and O–H groups in total. The first-order chi connectivity index (χ1) is 10.2. The van der Waals surface area contributed by atoms with E-state index in [2.05, 4.69) is 37.7 Å². The highest BCUT2D eigenvalue weighted by atomic mass is 79.9. The Labute approximate surface area is 137 Å². The van der Waals surface area contributed by atoms with E-state index in [1.807, 2.05) is 30.3 Å². The standard InChI is InChI=1S/C15H18BrN3OS/c16-12-3-5-13(6-4-12)20-10-9-19-15(17)18-8-7-14-2-1-11-21-14/h1-6,11H,7-10H2,(H3,17,18,19). The second kappa shape index (κ2) is 8.69. The second-order valence-electron chi connectivity index (χ2n) is 4.33. The summed E-state index contributed by atoms with van der Waals surface area (Å²) in [5, 5.41) is 5.11. The molecule has 21 heavy (non-hydrogen) atoms. The van der Waals surface area contributed by atoms with Crippen molar-refractivity contribution in [3.05, 3.63) is 51.1 Å². The molecule has 0 unspecified atom stereocenters.